The maximum absolute atomic E-state index is 13.3. The van der Waals surface area contributed by atoms with Gasteiger partial charge in [-0.25, -0.2) is 4.79 Å². The third-order valence-corrected chi connectivity index (χ3v) is 13.8. The topological polar surface area (TPSA) is 127 Å². The van der Waals surface area contributed by atoms with E-state index in [0.29, 0.717) is 28.7 Å². The molecule has 6 heterocycles. The molecule has 0 radical (unpaired) electrons. The smallest absolute Gasteiger partial charge is 0.457 e. The van der Waals surface area contributed by atoms with Crippen LogP contribution in [-0.4, -0.2) is 27.9 Å². The van der Waals surface area contributed by atoms with Crippen LogP contribution in [0.5, 0.6) is 23.0 Å². The monoisotopic (exact) mass is 876 g/mol. The van der Waals surface area contributed by atoms with Crippen LogP contribution in [0.25, 0.3) is 0 Å². The number of H-pyrrole nitrogens is 3. The minimum absolute atomic E-state index is 0.0508. The fourth-order valence-corrected chi connectivity index (χ4v) is 9.55. The highest BCUT2D eigenvalue weighted by Gasteiger charge is 2.41. The summed E-state index contributed by atoms with van der Waals surface area (Å²) in [6, 6.07) is 54.3. The molecular weight excluding hydrogens is 828 g/mol. The summed E-state index contributed by atoms with van der Waals surface area (Å²) in [6.07, 6.45) is 5.30. The number of hydrogen-bond acceptors (Lipinski definition) is 6. The first kappa shape index (κ1) is 41.5. The zero-order valence-corrected chi connectivity index (χ0v) is 37.5. The quantitative estimate of drug-likeness (QED) is 0.0683. The van der Waals surface area contributed by atoms with Gasteiger partial charge >= 0.3 is 6.16 Å². The first-order valence-electron chi connectivity index (χ1n) is 21.6. The predicted octanol–water partition coefficient (Wildman–Crippen LogP) is 11.0. The molecule has 0 amide bonds. The molecule has 11 rings (SSSR count). The Hall–Kier alpha value is -7.48. The Morgan fingerprint density at radius 3 is 1.58 bits per heavy atom. The molecule has 0 fully saturated rings. The molecule has 5 atom stereocenters. The van der Waals surface area contributed by atoms with Crippen LogP contribution in [0.1, 0.15) is 83.1 Å². The van der Waals surface area contributed by atoms with Gasteiger partial charge in [0.1, 0.15) is 23.0 Å². The molecule has 0 aliphatic carbocycles. The summed E-state index contributed by atoms with van der Waals surface area (Å²) in [7, 11) is 2.63. The average molecular weight is 877 g/mol. The molecule has 8 aromatic rings. The van der Waals surface area contributed by atoms with E-state index in [9.17, 15) is 4.79 Å². The minimum Gasteiger partial charge on any atom is -0.457 e. The van der Waals surface area contributed by atoms with Crippen molar-refractivity contribution in [2.75, 3.05) is 6.79 Å². The fourth-order valence-electron chi connectivity index (χ4n) is 9.33. The molecule has 5 unspecified atom stereocenters. The lowest BCUT2D eigenvalue weighted by Gasteiger charge is -2.33. The zero-order valence-electron chi connectivity index (χ0n) is 36.3. The van der Waals surface area contributed by atoms with Crippen LogP contribution in [0.4, 0.5) is 4.79 Å². The van der Waals surface area contributed by atoms with Gasteiger partial charge < -0.3 is 39.6 Å². The van der Waals surface area contributed by atoms with Gasteiger partial charge in [-0.1, -0.05) is 91.0 Å². The number of fused-ring (bicyclic) bond motifs is 16. The van der Waals surface area contributed by atoms with Gasteiger partial charge in [-0.05, 0) is 139 Å². The van der Waals surface area contributed by atoms with Gasteiger partial charge in [0.2, 0.25) is 6.79 Å². The largest absolute Gasteiger partial charge is 0.519 e. The molecule has 0 saturated carbocycles. The highest BCUT2D eigenvalue weighted by atomic mass is 31.0. The van der Waals surface area contributed by atoms with Crippen molar-refractivity contribution in [3.63, 3.8) is 0 Å². The zero-order chi connectivity index (χ0) is 44.8. The van der Waals surface area contributed by atoms with E-state index in [1.165, 1.54) is 5.30 Å². The van der Waals surface area contributed by atoms with E-state index in [-0.39, 0.29) is 12.7 Å². The van der Waals surface area contributed by atoms with Crippen molar-refractivity contribution in [1.82, 2.24) is 15.0 Å². The van der Waals surface area contributed by atoms with Crippen molar-refractivity contribution in [2.45, 2.75) is 42.9 Å². The lowest BCUT2D eigenvalue weighted by molar-refractivity contribution is 0.119. The van der Waals surface area contributed by atoms with Gasteiger partial charge in [0.15, 0.2) is 0 Å². The summed E-state index contributed by atoms with van der Waals surface area (Å²) in [6.45, 7) is 6.54. The minimum atomic E-state index is -0.894. The van der Waals surface area contributed by atoms with Crippen molar-refractivity contribution in [2.24, 2.45) is 5.73 Å². The Labute approximate surface area is 380 Å². The maximum atomic E-state index is 13.3. The second-order valence-corrected chi connectivity index (χ2v) is 17.9. The van der Waals surface area contributed by atoms with E-state index in [2.05, 4.69) is 112 Å². The van der Waals surface area contributed by atoms with E-state index in [0.717, 1.165) is 56.4 Å². The summed E-state index contributed by atoms with van der Waals surface area (Å²) in [4.78, 5) is 25.0. The SMILES string of the molecule is CC12/C(N)=C/C=C/C3c4cccc(c4)OCOc4cccc(c4)C(C)(c4ccc3[nH]4)c3ccc([nH]3)C(C)(c3cccc(c3)OC(=O)Oc3cccc1c3)c1ccc2[nH]1.Pc1ccccc1. The van der Waals surface area contributed by atoms with Crippen molar-refractivity contribution >= 4 is 20.7 Å². The van der Waals surface area contributed by atoms with Crippen LogP contribution in [0, 0.1) is 0 Å². The van der Waals surface area contributed by atoms with Crippen LogP contribution >= 0.6 is 9.24 Å². The lowest BCUT2D eigenvalue weighted by atomic mass is 9.76. The molecule has 9 nitrogen and oxygen atoms in total. The van der Waals surface area contributed by atoms with Crippen LogP contribution in [0.2, 0.25) is 0 Å². The number of aromatic nitrogens is 3. The van der Waals surface area contributed by atoms with E-state index >= 15 is 0 Å². The highest BCUT2D eigenvalue weighted by Crippen LogP contribution is 2.46. The average Bonchev–Trinajstić information content (AvgIpc) is 4.13. The number of carbonyl (C=O) groups excluding carboxylic acids is 1. The Bertz CT molecular complexity index is 3110. The maximum Gasteiger partial charge on any atom is 0.519 e. The van der Waals surface area contributed by atoms with Crippen molar-refractivity contribution in [3.05, 3.63) is 244 Å². The Morgan fingerprint density at radius 2 is 1.02 bits per heavy atom. The van der Waals surface area contributed by atoms with Crippen LogP contribution in [0.15, 0.2) is 188 Å². The molecule has 5 N–H and O–H groups in total. The molecule has 0 saturated heterocycles. The van der Waals surface area contributed by atoms with Crippen molar-refractivity contribution < 1.29 is 23.7 Å². The lowest BCUT2D eigenvalue weighted by Crippen LogP contribution is -2.33. The highest BCUT2D eigenvalue weighted by molar-refractivity contribution is 7.27. The Morgan fingerprint density at radius 1 is 0.538 bits per heavy atom. The van der Waals surface area contributed by atoms with Gasteiger partial charge in [0.05, 0.1) is 16.2 Å². The summed E-state index contributed by atoms with van der Waals surface area (Å²) >= 11 is 0. The number of nitrogens with two attached hydrogens (primary N) is 1. The normalized spacial score (nSPS) is 23.1. The number of aromatic amines is 3. The van der Waals surface area contributed by atoms with Crippen LogP contribution in [-0.2, 0) is 16.2 Å². The molecule has 0 spiro atoms. The predicted molar refractivity (Wildman–Crippen MR) is 258 cm³/mol. The fraction of sp³-hybridized carbons (Fsp3) is 0.145. The van der Waals surface area contributed by atoms with E-state index in [4.69, 9.17) is 24.7 Å². The van der Waals surface area contributed by atoms with Gasteiger partial charge in [-0.2, -0.15) is 0 Å². The van der Waals surface area contributed by atoms with E-state index in [1.807, 2.05) is 103 Å². The number of ether oxygens (including phenoxy) is 4. The van der Waals surface area contributed by atoms with Gasteiger partial charge in [-0.15, -0.1) is 9.24 Å². The van der Waals surface area contributed by atoms with Crippen LogP contribution < -0.4 is 30.0 Å². The molecule has 3 aliphatic rings. The van der Waals surface area contributed by atoms with Crippen LogP contribution in [0.3, 0.4) is 0 Å². The number of rotatable bonds is 0. The standard InChI is InChI=1S/C49H42N4O5.C6H7P/c1-47-31-10-6-15-36(27-31)57-46(54)58-37-16-7-12-33(28-37)49(3,44-22-21-41(47)52-44)45-24-23-43(53-45)48(2)32-11-5-14-35(26-32)56-29-55-34-13-4-9-30(25-34)38(17-8-18-40(47)50)39-19-20-42(48)51-39;7-6-4-2-1-3-5-6/h4-28,38,51-53H,29,50H2,1-3H3;1-5H,7H2/b17-8+,40-18-;. The third-order valence-electron chi connectivity index (χ3n) is 13.4. The molecule has 18 bridgehead atoms. The van der Waals surface area contributed by atoms with Gasteiger partial charge in [0, 0.05) is 45.8 Å². The number of carbonyl (C=O) groups is 1. The molecular formula is C55H49N4O5P. The number of hydrogen-bond donors (Lipinski definition) is 4. The van der Waals surface area contributed by atoms with Crippen molar-refractivity contribution in [3.8, 4) is 23.0 Å². The molecule has 324 valence electrons. The second kappa shape index (κ2) is 16.6. The Balaban J connectivity index is 0.000000652. The van der Waals surface area contributed by atoms with Crippen molar-refractivity contribution in [1.29, 1.82) is 0 Å². The first-order valence-corrected chi connectivity index (χ1v) is 22.2. The molecule has 65 heavy (non-hydrogen) atoms. The van der Waals surface area contributed by atoms with Gasteiger partial charge in [0.25, 0.3) is 0 Å². The molecule has 10 heteroatoms. The Kier molecular flexibility index (Phi) is 10.6. The molecule has 5 aromatic carbocycles. The summed E-state index contributed by atoms with van der Waals surface area (Å²) in [5, 5.41) is 1.24. The first-order chi connectivity index (χ1) is 31.5. The third kappa shape index (κ3) is 7.51. The number of benzene rings is 5. The van der Waals surface area contributed by atoms with E-state index in [1.54, 1.807) is 12.1 Å². The summed E-state index contributed by atoms with van der Waals surface area (Å²) in [5.74, 6) is 1.90. The van der Waals surface area contributed by atoms with Gasteiger partial charge in [-0.3, -0.25) is 0 Å². The number of allylic oxidation sites excluding steroid dienone is 4. The second-order valence-electron chi connectivity index (χ2n) is 17.2. The van der Waals surface area contributed by atoms with E-state index < -0.39 is 22.4 Å². The number of nitrogens with one attached hydrogen (secondary N) is 3. The molecule has 3 aromatic heterocycles. The summed E-state index contributed by atoms with van der Waals surface area (Å²) in [5.41, 5.74) is 14.9. The molecule has 3 aliphatic heterocycles. The summed E-state index contributed by atoms with van der Waals surface area (Å²) < 4.78 is 24.0.